The molecule has 1 atom stereocenters. The lowest BCUT2D eigenvalue weighted by Gasteiger charge is -2.41. The molecule has 3 aromatic rings. The molecule has 1 saturated heterocycles. The van der Waals surface area contributed by atoms with Gasteiger partial charge in [0.25, 0.3) is 0 Å². The maximum atomic E-state index is 9.63. The van der Waals surface area contributed by atoms with Crippen LogP contribution in [0.4, 0.5) is 0 Å². The third-order valence-electron chi connectivity index (χ3n) is 5.72. The Labute approximate surface area is 188 Å². The molecule has 1 aliphatic heterocycles. The van der Waals surface area contributed by atoms with Crippen LogP contribution in [0.25, 0.3) is 10.6 Å². The van der Waals surface area contributed by atoms with Crippen molar-refractivity contribution in [3.63, 3.8) is 0 Å². The molecule has 1 N–H and O–H groups in total. The summed E-state index contributed by atoms with van der Waals surface area (Å²) in [5, 5.41) is 10.7. The molecule has 0 spiro atoms. The van der Waals surface area contributed by atoms with Gasteiger partial charge in [-0.3, -0.25) is 9.80 Å². The van der Waals surface area contributed by atoms with Crippen LogP contribution in [0.15, 0.2) is 60.8 Å². The minimum Gasteiger partial charge on any atom is -0.494 e. The Morgan fingerprint density at radius 3 is 2.61 bits per heavy atom. The van der Waals surface area contributed by atoms with E-state index in [1.54, 1.807) is 11.3 Å². The molecule has 0 unspecified atom stereocenters. The second kappa shape index (κ2) is 10.9. The number of thiazole rings is 1. The molecular weight excluding hydrogens is 406 g/mol. The highest BCUT2D eigenvalue weighted by atomic mass is 32.1. The number of ether oxygens (including phenoxy) is 1. The highest BCUT2D eigenvalue weighted by Crippen LogP contribution is 2.27. The Morgan fingerprint density at radius 1 is 1.06 bits per heavy atom. The number of aromatic nitrogens is 1. The van der Waals surface area contributed by atoms with Crippen LogP contribution in [0.2, 0.25) is 0 Å². The molecule has 6 heteroatoms. The van der Waals surface area contributed by atoms with Crippen LogP contribution in [0, 0.1) is 0 Å². The lowest BCUT2D eigenvalue weighted by atomic mass is 10.1. The monoisotopic (exact) mass is 437 g/mol. The number of hydrogen-bond acceptors (Lipinski definition) is 6. The molecular formula is C25H31N3O2S. The van der Waals surface area contributed by atoms with Crippen molar-refractivity contribution in [1.82, 2.24) is 14.8 Å². The Balaban J connectivity index is 1.36. The molecule has 4 rings (SSSR count). The SMILES string of the molecule is CCOc1ccc(CN2CCN(Cc3cnc(-c4ccccc4)s3)C[C@H]2CCO)cc1. The predicted molar refractivity (Wildman–Crippen MR) is 126 cm³/mol. The maximum Gasteiger partial charge on any atom is 0.123 e. The molecule has 0 aliphatic carbocycles. The van der Waals surface area contributed by atoms with Crippen LogP contribution in [0.5, 0.6) is 5.75 Å². The van der Waals surface area contributed by atoms with Gasteiger partial charge in [-0.25, -0.2) is 4.98 Å². The summed E-state index contributed by atoms with van der Waals surface area (Å²) in [4.78, 5) is 10.9. The fraction of sp³-hybridized carbons (Fsp3) is 0.400. The van der Waals surface area contributed by atoms with E-state index < -0.39 is 0 Å². The average molecular weight is 438 g/mol. The molecule has 1 aromatic heterocycles. The summed E-state index contributed by atoms with van der Waals surface area (Å²) in [6, 6.07) is 19.1. The van der Waals surface area contributed by atoms with Crippen molar-refractivity contribution >= 4 is 11.3 Å². The summed E-state index contributed by atoms with van der Waals surface area (Å²) < 4.78 is 5.55. The highest BCUT2D eigenvalue weighted by Gasteiger charge is 2.27. The summed E-state index contributed by atoms with van der Waals surface area (Å²) in [7, 11) is 0. The van der Waals surface area contributed by atoms with Crippen molar-refractivity contribution in [2.45, 2.75) is 32.5 Å². The van der Waals surface area contributed by atoms with Gasteiger partial charge in [0.2, 0.25) is 0 Å². The minimum absolute atomic E-state index is 0.219. The molecule has 0 bridgehead atoms. The first-order valence-electron chi connectivity index (χ1n) is 11.0. The highest BCUT2D eigenvalue weighted by molar-refractivity contribution is 7.15. The van der Waals surface area contributed by atoms with Gasteiger partial charge in [-0.05, 0) is 31.0 Å². The molecule has 0 radical (unpaired) electrons. The van der Waals surface area contributed by atoms with E-state index in [2.05, 4.69) is 51.2 Å². The average Bonchev–Trinajstić information content (AvgIpc) is 3.26. The number of hydrogen-bond donors (Lipinski definition) is 1. The quantitative estimate of drug-likeness (QED) is 0.542. The Morgan fingerprint density at radius 2 is 1.87 bits per heavy atom. The van der Waals surface area contributed by atoms with Crippen molar-refractivity contribution in [2.75, 3.05) is 32.8 Å². The number of rotatable bonds is 9. The first kappa shape index (κ1) is 22.0. The predicted octanol–water partition coefficient (Wildman–Crippen LogP) is 4.28. The fourth-order valence-corrected chi connectivity index (χ4v) is 5.10. The zero-order chi connectivity index (χ0) is 21.5. The van der Waals surface area contributed by atoms with Crippen LogP contribution in [-0.2, 0) is 13.1 Å². The summed E-state index contributed by atoms with van der Waals surface area (Å²) in [6.45, 7) is 7.73. The van der Waals surface area contributed by atoms with Gasteiger partial charge in [-0.2, -0.15) is 0 Å². The van der Waals surface area contributed by atoms with E-state index in [0.717, 1.165) is 49.9 Å². The minimum atomic E-state index is 0.219. The van der Waals surface area contributed by atoms with Gasteiger partial charge < -0.3 is 9.84 Å². The number of piperazine rings is 1. The maximum absolute atomic E-state index is 9.63. The zero-order valence-electron chi connectivity index (χ0n) is 18.1. The zero-order valence-corrected chi connectivity index (χ0v) is 18.9. The van der Waals surface area contributed by atoms with Gasteiger partial charge in [0.1, 0.15) is 10.8 Å². The van der Waals surface area contributed by atoms with Crippen LogP contribution >= 0.6 is 11.3 Å². The summed E-state index contributed by atoms with van der Waals surface area (Å²) in [5.74, 6) is 0.919. The van der Waals surface area contributed by atoms with Gasteiger partial charge in [-0.15, -0.1) is 11.3 Å². The number of aliphatic hydroxyl groups is 1. The molecule has 1 aliphatic rings. The Hall–Kier alpha value is -2.25. The standard InChI is InChI=1S/C25H31N3O2S/c1-2-30-23-10-8-20(9-11-23)17-28-14-13-27(18-22(28)12-15-29)19-24-16-26-25(31-24)21-6-4-3-5-7-21/h3-11,16,22,29H,2,12-15,17-19H2,1H3/t22-/m1/s1. The molecule has 5 nitrogen and oxygen atoms in total. The van der Waals surface area contributed by atoms with Crippen molar-refractivity contribution in [2.24, 2.45) is 0 Å². The molecule has 31 heavy (non-hydrogen) atoms. The molecule has 164 valence electrons. The smallest absolute Gasteiger partial charge is 0.123 e. The number of nitrogens with zero attached hydrogens (tertiary/aromatic N) is 3. The van der Waals surface area contributed by atoms with Crippen molar-refractivity contribution in [3.8, 4) is 16.3 Å². The van der Waals surface area contributed by atoms with E-state index >= 15 is 0 Å². The molecule has 0 saturated carbocycles. The normalized spacial score (nSPS) is 17.7. The van der Waals surface area contributed by atoms with Gasteiger partial charge in [-0.1, -0.05) is 42.5 Å². The molecule has 1 fully saturated rings. The van der Waals surface area contributed by atoms with Crippen molar-refractivity contribution in [1.29, 1.82) is 0 Å². The lowest BCUT2D eigenvalue weighted by molar-refractivity contribution is 0.0504. The van der Waals surface area contributed by atoms with E-state index in [4.69, 9.17) is 4.74 Å². The van der Waals surface area contributed by atoms with Crippen molar-refractivity contribution in [3.05, 3.63) is 71.2 Å². The second-order valence-corrected chi connectivity index (χ2v) is 9.06. The first-order chi connectivity index (χ1) is 15.2. The molecule has 2 aromatic carbocycles. The van der Waals surface area contributed by atoms with Crippen LogP contribution in [0.1, 0.15) is 23.8 Å². The summed E-state index contributed by atoms with van der Waals surface area (Å²) in [5.41, 5.74) is 2.46. The number of benzene rings is 2. The van der Waals surface area contributed by atoms with Gasteiger partial charge in [0.05, 0.1) is 6.61 Å². The number of aliphatic hydroxyl groups excluding tert-OH is 1. The van der Waals surface area contributed by atoms with Crippen LogP contribution in [-0.4, -0.2) is 58.8 Å². The Kier molecular flexibility index (Phi) is 7.70. The van der Waals surface area contributed by atoms with E-state index in [1.165, 1.54) is 16.0 Å². The fourth-order valence-electron chi connectivity index (χ4n) is 4.14. The molecule has 0 amide bonds. The van der Waals surface area contributed by atoms with E-state index in [-0.39, 0.29) is 6.61 Å². The molecule has 2 heterocycles. The Bertz CT molecular complexity index is 929. The summed E-state index contributed by atoms with van der Waals surface area (Å²) >= 11 is 1.78. The van der Waals surface area contributed by atoms with Gasteiger partial charge in [0, 0.05) is 62.0 Å². The van der Waals surface area contributed by atoms with E-state index in [9.17, 15) is 5.11 Å². The van der Waals surface area contributed by atoms with E-state index in [1.807, 2.05) is 31.3 Å². The van der Waals surface area contributed by atoms with Crippen LogP contribution < -0.4 is 4.74 Å². The van der Waals surface area contributed by atoms with Gasteiger partial charge in [0.15, 0.2) is 0 Å². The van der Waals surface area contributed by atoms with E-state index in [0.29, 0.717) is 12.6 Å². The topological polar surface area (TPSA) is 48.8 Å². The summed E-state index contributed by atoms with van der Waals surface area (Å²) in [6.07, 6.45) is 2.81. The third kappa shape index (κ3) is 5.92. The van der Waals surface area contributed by atoms with Gasteiger partial charge >= 0.3 is 0 Å². The third-order valence-corrected chi connectivity index (χ3v) is 6.76. The van der Waals surface area contributed by atoms with Crippen LogP contribution in [0.3, 0.4) is 0 Å². The lowest BCUT2D eigenvalue weighted by Crippen LogP contribution is -2.52. The largest absolute Gasteiger partial charge is 0.494 e. The van der Waals surface area contributed by atoms with Crippen molar-refractivity contribution < 1.29 is 9.84 Å². The first-order valence-corrected chi connectivity index (χ1v) is 11.9. The second-order valence-electron chi connectivity index (χ2n) is 7.95.